The fraction of sp³-hybridized carbons (Fsp3) is 0.273. The third kappa shape index (κ3) is 3.77. The van der Waals surface area contributed by atoms with E-state index in [1.165, 1.54) is 12.1 Å². The van der Waals surface area contributed by atoms with Crippen LogP contribution in [0.4, 0.5) is 24.7 Å². The van der Waals surface area contributed by atoms with E-state index >= 15 is 0 Å². The summed E-state index contributed by atoms with van der Waals surface area (Å²) in [5.41, 5.74) is 1.38. The second-order valence-corrected chi connectivity index (χ2v) is 7.42. The van der Waals surface area contributed by atoms with Crippen LogP contribution >= 0.6 is 0 Å². The van der Waals surface area contributed by atoms with Crippen molar-refractivity contribution in [1.82, 2.24) is 9.78 Å². The summed E-state index contributed by atoms with van der Waals surface area (Å²) in [6.45, 7) is 1.99. The summed E-state index contributed by atoms with van der Waals surface area (Å²) in [6.07, 6.45) is -3.44. The van der Waals surface area contributed by atoms with Gasteiger partial charge in [-0.15, -0.1) is 5.10 Å². The average Bonchev–Trinajstić information content (AvgIpc) is 3.06. The molecule has 1 aromatic heterocycles. The average molecular weight is 415 g/mol. The number of ketones is 1. The second kappa shape index (κ2) is 7.51. The number of aromatic nitrogens is 2. The Morgan fingerprint density at radius 1 is 1.13 bits per heavy atom. The summed E-state index contributed by atoms with van der Waals surface area (Å²) in [5, 5.41) is 7.48. The summed E-state index contributed by atoms with van der Waals surface area (Å²) in [4.78, 5) is 12.8. The zero-order valence-corrected chi connectivity index (χ0v) is 16.5. The van der Waals surface area contributed by atoms with Crippen LogP contribution < -0.4 is 10.1 Å². The summed E-state index contributed by atoms with van der Waals surface area (Å²) in [5.74, 6) is 1.03. The minimum Gasteiger partial charge on any atom is -0.497 e. The largest absolute Gasteiger partial charge is 0.497 e. The van der Waals surface area contributed by atoms with Gasteiger partial charge >= 0.3 is 6.18 Å². The number of halogens is 3. The van der Waals surface area contributed by atoms with Crippen LogP contribution in [0.2, 0.25) is 0 Å². The van der Waals surface area contributed by atoms with Gasteiger partial charge in [0.15, 0.2) is 11.6 Å². The monoisotopic (exact) mass is 415 g/mol. The third-order valence-corrected chi connectivity index (χ3v) is 5.11. The van der Waals surface area contributed by atoms with Gasteiger partial charge in [-0.1, -0.05) is 13.0 Å². The van der Waals surface area contributed by atoms with Crippen LogP contribution in [0, 0.1) is 5.92 Å². The van der Waals surface area contributed by atoms with E-state index in [0.29, 0.717) is 24.2 Å². The van der Waals surface area contributed by atoms with Gasteiger partial charge in [0, 0.05) is 12.1 Å². The highest BCUT2D eigenvalue weighted by Crippen LogP contribution is 2.35. The Balaban J connectivity index is 1.78. The van der Waals surface area contributed by atoms with Gasteiger partial charge in [0.2, 0.25) is 0 Å². The molecular formula is C22H20F3N3O2. The van der Waals surface area contributed by atoms with Crippen LogP contribution in [0.3, 0.4) is 0 Å². The van der Waals surface area contributed by atoms with Crippen LogP contribution in [-0.4, -0.2) is 22.7 Å². The quantitative estimate of drug-likeness (QED) is 0.619. The van der Waals surface area contributed by atoms with Crippen LogP contribution in [0.25, 0.3) is 5.69 Å². The number of carbonyl (C=O) groups excluding carboxylic acids is 1. The van der Waals surface area contributed by atoms with Crippen molar-refractivity contribution in [1.29, 1.82) is 0 Å². The first-order valence-corrected chi connectivity index (χ1v) is 9.50. The van der Waals surface area contributed by atoms with Gasteiger partial charge in [-0.25, -0.2) is 4.68 Å². The number of hydrogen-bond acceptors (Lipinski definition) is 4. The molecule has 0 radical (unpaired) electrons. The SMILES string of the molecule is COc1ccc(-n2nc(Nc3cccc(C(F)(F)F)c3)c3c2C[C@H](C)CC3=O)cc1. The number of benzene rings is 2. The molecule has 1 heterocycles. The highest BCUT2D eigenvalue weighted by Gasteiger charge is 2.32. The molecule has 0 unspecified atom stereocenters. The van der Waals surface area contributed by atoms with Crippen molar-refractivity contribution < 1.29 is 22.7 Å². The molecular weight excluding hydrogens is 395 g/mol. The van der Waals surface area contributed by atoms with Gasteiger partial charge in [0.05, 0.1) is 29.6 Å². The molecule has 0 bridgehead atoms. The highest BCUT2D eigenvalue weighted by molar-refractivity contribution is 6.03. The Morgan fingerprint density at radius 3 is 2.53 bits per heavy atom. The molecule has 1 atom stereocenters. The molecule has 4 rings (SSSR count). The molecule has 0 amide bonds. The van der Waals surface area contributed by atoms with E-state index in [-0.39, 0.29) is 23.2 Å². The van der Waals surface area contributed by atoms with E-state index in [1.54, 1.807) is 23.9 Å². The number of nitrogens with one attached hydrogen (secondary N) is 1. The molecule has 0 saturated heterocycles. The van der Waals surface area contributed by atoms with Crippen molar-refractivity contribution >= 4 is 17.3 Å². The number of Topliss-reactive ketones (excluding diaryl/α,β-unsaturated/α-hetero) is 1. The molecule has 0 aliphatic heterocycles. The Kier molecular flexibility index (Phi) is 5.01. The van der Waals surface area contributed by atoms with Crippen LogP contribution in [0.5, 0.6) is 5.75 Å². The van der Waals surface area contributed by atoms with E-state index in [9.17, 15) is 18.0 Å². The molecule has 156 valence electrons. The molecule has 0 fully saturated rings. The van der Waals surface area contributed by atoms with Crippen molar-refractivity contribution in [3.05, 3.63) is 65.4 Å². The van der Waals surface area contributed by atoms with Crippen molar-refractivity contribution in [2.45, 2.75) is 25.9 Å². The zero-order chi connectivity index (χ0) is 21.5. The lowest BCUT2D eigenvalue weighted by Crippen LogP contribution is -2.19. The molecule has 0 saturated carbocycles. The number of fused-ring (bicyclic) bond motifs is 1. The van der Waals surface area contributed by atoms with Gasteiger partial charge in [0.25, 0.3) is 0 Å². The Morgan fingerprint density at radius 2 is 1.87 bits per heavy atom. The summed E-state index contributed by atoms with van der Waals surface area (Å²) in [6, 6.07) is 12.1. The molecule has 1 aliphatic carbocycles. The zero-order valence-electron chi connectivity index (χ0n) is 16.5. The Hall–Kier alpha value is -3.29. The van der Waals surface area contributed by atoms with Crippen LogP contribution in [0.15, 0.2) is 48.5 Å². The molecule has 5 nitrogen and oxygen atoms in total. The number of anilines is 2. The topological polar surface area (TPSA) is 56.1 Å². The van der Waals surface area contributed by atoms with Crippen molar-refractivity contribution in [2.75, 3.05) is 12.4 Å². The fourth-order valence-electron chi connectivity index (χ4n) is 3.69. The maximum atomic E-state index is 13.1. The number of hydrogen-bond donors (Lipinski definition) is 1. The van der Waals surface area contributed by atoms with Gasteiger partial charge in [-0.3, -0.25) is 4.79 Å². The Labute approximate surface area is 171 Å². The van der Waals surface area contributed by atoms with E-state index in [2.05, 4.69) is 10.4 Å². The number of methoxy groups -OCH3 is 1. The molecule has 3 aromatic rings. The fourth-order valence-corrected chi connectivity index (χ4v) is 3.69. The summed E-state index contributed by atoms with van der Waals surface area (Å²) < 4.78 is 46.0. The van der Waals surface area contributed by atoms with Crippen LogP contribution in [-0.2, 0) is 12.6 Å². The first-order valence-electron chi connectivity index (χ1n) is 9.50. The minimum absolute atomic E-state index is 0.0713. The van der Waals surface area contributed by atoms with Gasteiger partial charge in [-0.05, 0) is 54.8 Å². The normalized spacial score (nSPS) is 16.3. The van der Waals surface area contributed by atoms with Crippen LogP contribution in [0.1, 0.15) is 35.0 Å². The maximum absolute atomic E-state index is 13.1. The second-order valence-electron chi connectivity index (χ2n) is 7.42. The smallest absolute Gasteiger partial charge is 0.416 e. The first-order chi connectivity index (χ1) is 14.3. The molecule has 30 heavy (non-hydrogen) atoms. The van der Waals surface area contributed by atoms with E-state index < -0.39 is 11.7 Å². The van der Waals surface area contributed by atoms with E-state index in [0.717, 1.165) is 23.5 Å². The number of ether oxygens (including phenoxy) is 1. The van der Waals surface area contributed by atoms with Gasteiger partial charge in [-0.2, -0.15) is 13.2 Å². The van der Waals surface area contributed by atoms with E-state index in [1.807, 2.05) is 19.1 Å². The van der Waals surface area contributed by atoms with E-state index in [4.69, 9.17) is 4.74 Å². The molecule has 0 spiro atoms. The lowest BCUT2D eigenvalue weighted by atomic mass is 9.87. The first kappa shape index (κ1) is 20.0. The van der Waals surface area contributed by atoms with Crippen molar-refractivity contribution in [2.24, 2.45) is 5.92 Å². The number of alkyl halides is 3. The lowest BCUT2D eigenvalue weighted by Gasteiger charge is -2.19. The standard InChI is InChI=1S/C22H20F3N3O2/c1-13-10-18-20(19(29)11-13)21(26-15-5-3-4-14(12-15)22(23,24)25)27-28(18)16-6-8-17(30-2)9-7-16/h3-9,12-13H,10-11H2,1-2H3,(H,26,27)/t13-/m0/s1. The highest BCUT2D eigenvalue weighted by atomic mass is 19.4. The molecule has 1 aliphatic rings. The predicted octanol–water partition coefficient (Wildman–Crippen LogP) is 5.41. The maximum Gasteiger partial charge on any atom is 0.416 e. The predicted molar refractivity (Wildman–Crippen MR) is 107 cm³/mol. The Bertz CT molecular complexity index is 1090. The molecule has 8 heteroatoms. The molecule has 1 N–H and O–H groups in total. The number of carbonyl (C=O) groups is 1. The minimum atomic E-state index is -4.45. The summed E-state index contributed by atoms with van der Waals surface area (Å²) in [7, 11) is 1.57. The third-order valence-electron chi connectivity index (χ3n) is 5.11. The van der Waals surface area contributed by atoms with Crippen molar-refractivity contribution in [3.63, 3.8) is 0 Å². The van der Waals surface area contributed by atoms with Gasteiger partial charge < -0.3 is 10.1 Å². The van der Waals surface area contributed by atoms with Gasteiger partial charge in [0.1, 0.15) is 5.75 Å². The molecule has 2 aromatic carbocycles. The number of nitrogens with zero attached hydrogens (tertiary/aromatic N) is 2. The van der Waals surface area contributed by atoms with Crippen molar-refractivity contribution in [3.8, 4) is 11.4 Å². The summed E-state index contributed by atoms with van der Waals surface area (Å²) >= 11 is 0. The number of rotatable bonds is 4. The lowest BCUT2D eigenvalue weighted by molar-refractivity contribution is -0.137.